The van der Waals surface area contributed by atoms with Gasteiger partial charge in [-0.05, 0) is 24.3 Å². The molecule has 0 aliphatic heterocycles. The van der Waals surface area contributed by atoms with E-state index >= 15 is 0 Å². The maximum Gasteiger partial charge on any atom is 0.227 e. The third kappa shape index (κ3) is 4.17. The molecule has 0 fully saturated rings. The Morgan fingerprint density at radius 2 is 2.24 bits per heavy atom. The number of carbonyl (C=O) groups is 1. The fourth-order valence-corrected chi connectivity index (χ4v) is 2.17. The average Bonchev–Trinajstić information content (AvgIpc) is 3.11. The minimum absolute atomic E-state index is 0.134. The molecule has 8 heteroatoms. The highest BCUT2D eigenvalue weighted by molar-refractivity contribution is 5.92. The van der Waals surface area contributed by atoms with Crippen molar-refractivity contribution in [1.82, 2.24) is 15.1 Å². The number of carbonyl (C=O) groups excluding carboxylic acids is 1. The van der Waals surface area contributed by atoms with Gasteiger partial charge in [0.1, 0.15) is 11.6 Å². The summed E-state index contributed by atoms with van der Waals surface area (Å²) in [6, 6.07) is 7.48. The number of aromatic nitrogens is 3. The van der Waals surface area contributed by atoms with E-state index in [4.69, 9.17) is 9.26 Å². The summed E-state index contributed by atoms with van der Waals surface area (Å²) < 4.78 is 23.3. The van der Waals surface area contributed by atoms with Gasteiger partial charge in [-0.1, -0.05) is 5.16 Å². The summed E-state index contributed by atoms with van der Waals surface area (Å²) in [5, 5.41) is 6.53. The molecule has 2 heterocycles. The molecular formula is C17H15FN4O3. The van der Waals surface area contributed by atoms with Crippen LogP contribution in [0.25, 0.3) is 11.4 Å². The summed E-state index contributed by atoms with van der Waals surface area (Å²) >= 11 is 0. The van der Waals surface area contributed by atoms with Crippen LogP contribution >= 0.6 is 0 Å². The number of nitrogens with one attached hydrogen (secondary N) is 1. The summed E-state index contributed by atoms with van der Waals surface area (Å²) in [5.74, 6) is 0.309. The van der Waals surface area contributed by atoms with Crippen molar-refractivity contribution in [3.63, 3.8) is 0 Å². The Bertz CT molecular complexity index is 867. The molecule has 2 aromatic heterocycles. The van der Waals surface area contributed by atoms with E-state index in [2.05, 4.69) is 20.4 Å². The predicted octanol–water partition coefficient (Wildman–Crippen LogP) is 2.85. The van der Waals surface area contributed by atoms with E-state index in [1.165, 1.54) is 25.3 Å². The van der Waals surface area contributed by atoms with E-state index in [0.29, 0.717) is 17.4 Å². The molecule has 1 amide bonds. The number of hydrogen-bond donors (Lipinski definition) is 1. The van der Waals surface area contributed by atoms with Crippen LogP contribution in [0.3, 0.4) is 0 Å². The Kier molecular flexibility index (Phi) is 4.98. The molecule has 0 unspecified atom stereocenters. The van der Waals surface area contributed by atoms with Gasteiger partial charge in [-0.25, -0.2) is 4.39 Å². The van der Waals surface area contributed by atoms with Gasteiger partial charge in [-0.15, -0.1) is 0 Å². The lowest BCUT2D eigenvalue weighted by Crippen LogP contribution is -2.13. The monoisotopic (exact) mass is 342 g/mol. The lowest BCUT2D eigenvalue weighted by molar-refractivity contribution is -0.116. The highest BCUT2D eigenvalue weighted by atomic mass is 19.1. The lowest BCUT2D eigenvalue weighted by atomic mass is 10.2. The predicted molar refractivity (Wildman–Crippen MR) is 87.4 cm³/mol. The van der Waals surface area contributed by atoms with E-state index in [-0.39, 0.29) is 24.5 Å². The number of amides is 1. The van der Waals surface area contributed by atoms with Crippen LogP contribution in [0.2, 0.25) is 0 Å². The van der Waals surface area contributed by atoms with E-state index in [1.807, 2.05) is 6.07 Å². The van der Waals surface area contributed by atoms with Gasteiger partial charge in [0.05, 0.1) is 12.8 Å². The van der Waals surface area contributed by atoms with Crippen molar-refractivity contribution in [2.24, 2.45) is 0 Å². The zero-order chi connectivity index (χ0) is 17.6. The lowest BCUT2D eigenvalue weighted by Gasteiger charge is -2.09. The van der Waals surface area contributed by atoms with Crippen molar-refractivity contribution in [2.75, 3.05) is 12.4 Å². The number of ether oxygens (including phenoxy) is 1. The maximum absolute atomic E-state index is 13.2. The van der Waals surface area contributed by atoms with Crippen LogP contribution in [-0.4, -0.2) is 28.1 Å². The van der Waals surface area contributed by atoms with Gasteiger partial charge in [0.25, 0.3) is 0 Å². The number of aryl methyl sites for hydroxylation is 1. The average molecular weight is 342 g/mol. The van der Waals surface area contributed by atoms with E-state index in [0.717, 1.165) is 5.56 Å². The molecule has 1 aromatic carbocycles. The van der Waals surface area contributed by atoms with Gasteiger partial charge in [0.15, 0.2) is 0 Å². The van der Waals surface area contributed by atoms with Crippen LogP contribution < -0.4 is 10.1 Å². The third-order valence-corrected chi connectivity index (χ3v) is 3.39. The second-order valence-electron chi connectivity index (χ2n) is 5.15. The highest BCUT2D eigenvalue weighted by Crippen LogP contribution is 2.25. The summed E-state index contributed by atoms with van der Waals surface area (Å²) in [4.78, 5) is 20.3. The Morgan fingerprint density at radius 3 is 3.00 bits per heavy atom. The molecule has 0 radical (unpaired) electrons. The molecule has 3 rings (SSSR count). The molecule has 0 saturated heterocycles. The van der Waals surface area contributed by atoms with Gasteiger partial charge in [-0.3, -0.25) is 9.78 Å². The van der Waals surface area contributed by atoms with Crippen molar-refractivity contribution in [1.29, 1.82) is 0 Å². The smallest absolute Gasteiger partial charge is 0.227 e. The first-order chi connectivity index (χ1) is 12.2. The number of methoxy groups -OCH3 is 1. The maximum atomic E-state index is 13.2. The molecular weight excluding hydrogens is 327 g/mol. The van der Waals surface area contributed by atoms with Crippen LogP contribution in [0.15, 0.2) is 47.2 Å². The van der Waals surface area contributed by atoms with Crippen molar-refractivity contribution in [3.05, 3.63) is 54.4 Å². The van der Waals surface area contributed by atoms with Crippen LogP contribution in [0.5, 0.6) is 5.75 Å². The van der Waals surface area contributed by atoms with Crippen molar-refractivity contribution in [2.45, 2.75) is 12.8 Å². The quantitative estimate of drug-likeness (QED) is 0.741. The Morgan fingerprint density at radius 1 is 1.36 bits per heavy atom. The summed E-state index contributed by atoms with van der Waals surface area (Å²) in [5.41, 5.74) is 1.13. The first kappa shape index (κ1) is 16.6. The van der Waals surface area contributed by atoms with Crippen molar-refractivity contribution < 1.29 is 18.4 Å². The second kappa shape index (κ2) is 7.52. The van der Waals surface area contributed by atoms with Gasteiger partial charge >= 0.3 is 0 Å². The van der Waals surface area contributed by atoms with Gasteiger partial charge < -0.3 is 14.6 Å². The van der Waals surface area contributed by atoms with Crippen LogP contribution in [0, 0.1) is 5.82 Å². The summed E-state index contributed by atoms with van der Waals surface area (Å²) in [6.07, 6.45) is 3.69. The van der Waals surface area contributed by atoms with Crippen LogP contribution in [0.4, 0.5) is 10.1 Å². The van der Waals surface area contributed by atoms with Gasteiger partial charge in [0, 0.05) is 36.9 Å². The number of benzene rings is 1. The number of rotatable bonds is 6. The second-order valence-corrected chi connectivity index (χ2v) is 5.15. The number of anilines is 1. The SMILES string of the molecule is COc1cc(F)ccc1NC(=O)CCc1nc(-c2cccnc2)no1. The topological polar surface area (TPSA) is 90.1 Å². The number of pyridine rings is 1. The number of nitrogens with zero attached hydrogens (tertiary/aromatic N) is 3. The Hall–Kier alpha value is -3.29. The zero-order valence-corrected chi connectivity index (χ0v) is 13.4. The van der Waals surface area contributed by atoms with Crippen molar-refractivity contribution >= 4 is 11.6 Å². The van der Waals surface area contributed by atoms with Gasteiger partial charge in [-0.2, -0.15) is 4.98 Å². The van der Waals surface area contributed by atoms with Crippen LogP contribution in [-0.2, 0) is 11.2 Å². The largest absolute Gasteiger partial charge is 0.494 e. The standard InChI is InChI=1S/C17H15FN4O3/c1-24-14-9-12(18)4-5-13(14)20-15(23)6-7-16-21-17(22-25-16)11-3-2-8-19-10-11/h2-5,8-10H,6-7H2,1H3,(H,20,23). The molecule has 0 saturated carbocycles. The zero-order valence-electron chi connectivity index (χ0n) is 13.4. The molecule has 1 N–H and O–H groups in total. The minimum atomic E-state index is -0.441. The van der Waals surface area contributed by atoms with E-state index in [9.17, 15) is 9.18 Å². The summed E-state index contributed by atoms with van der Waals surface area (Å²) in [6.45, 7) is 0. The van der Waals surface area contributed by atoms with Crippen molar-refractivity contribution in [3.8, 4) is 17.1 Å². The van der Waals surface area contributed by atoms with Crippen LogP contribution in [0.1, 0.15) is 12.3 Å². The minimum Gasteiger partial charge on any atom is -0.494 e. The molecule has 0 atom stereocenters. The molecule has 0 aliphatic carbocycles. The molecule has 0 bridgehead atoms. The first-order valence-electron chi connectivity index (χ1n) is 7.52. The molecule has 3 aromatic rings. The number of hydrogen-bond acceptors (Lipinski definition) is 6. The third-order valence-electron chi connectivity index (χ3n) is 3.39. The number of halogens is 1. The fraction of sp³-hybridized carbons (Fsp3) is 0.176. The van der Waals surface area contributed by atoms with Gasteiger partial charge in [0.2, 0.25) is 17.6 Å². The van der Waals surface area contributed by atoms with E-state index < -0.39 is 5.82 Å². The Labute approximate surface area is 142 Å². The molecule has 7 nitrogen and oxygen atoms in total. The Balaban J connectivity index is 1.59. The highest BCUT2D eigenvalue weighted by Gasteiger charge is 2.12. The molecule has 0 spiro atoms. The van der Waals surface area contributed by atoms with E-state index in [1.54, 1.807) is 18.5 Å². The molecule has 128 valence electrons. The first-order valence-corrected chi connectivity index (χ1v) is 7.52. The fourth-order valence-electron chi connectivity index (χ4n) is 2.17. The summed E-state index contributed by atoms with van der Waals surface area (Å²) in [7, 11) is 1.41. The normalized spacial score (nSPS) is 10.5. The molecule has 0 aliphatic rings. The molecule has 25 heavy (non-hydrogen) atoms.